The highest BCUT2D eigenvalue weighted by Crippen LogP contribution is 2.33. The van der Waals surface area contributed by atoms with Gasteiger partial charge in [0.05, 0.1) is 12.2 Å². The number of anilines is 1. The van der Waals surface area contributed by atoms with Gasteiger partial charge >= 0.3 is 0 Å². The van der Waals surface area contributed by atoms with E-state index >= 15 is 0 Å². The molecule has 2 heterocycles. The summed E-state index contributed by atoms with van der Waals surface area (Å²) in [7, 11) is 1.80. The van der Waals surface area contributed by atoms with Gasteiger partial charge in [0, 0.05) is 12.6 Å². The van der Waals surface area contributed by atoms with Crippen molar-refractivity contribution in [3.63, 3.8) is 0 Å². The van der Waals surface area contributed by atoms with Gasteiger partial charge in [-0.25, -0.2) is 4.98 Å². The van der Waals surface area contributed by atoms with Gasteiger partial charge in [0.1, 0.15) is 11.6 Å². The lowest BCUT2D eigenvalue weighted by Gasteiger charge is -2.23. The normalized spacial score (nSPS) is 17.4. The number of hydrogen-bond acceptors (Lipinski definition) is 5. The topological polar surface area (TPSA) is 95.1 Å². The van der Waals surface area contributed by atoms with Gasteiger partial charge in [-0.15, -0.1) is 0 Å². The Balaban J connectivity index is 2.00. The lowest BCUT2D eigenvalue weighted by Crippen LogP contribution is -2.34. The largest absolute Gasteiger partial charge is 0.479 e. The maximum atomic E-state index is 11.6. The van der Waals surface area contributed by atoms with Crippen molar-refractivity contribution in [3.05, 3.63) is 24.0 Å². The van der Waals surface area contributed by atoms with Crippen molar-refractivity contribution in [1.82, 2.24) is 14.8 Å². The molecule has 1 aliphatic heterocycles. The molecule has 1 aromatic heterocycles. The maximum Gasteiger partial charge on any atom is 0.265 e. The van der Waals surface area contributed by atoms with Crippen LogP contribution in [0.5, 0.6) is 5.75 Å². The number of carbonyl (C=O) groups is 1. The highest BCUT2D eigenvalue weighted by Gasteiger charge is 2.24. The van der Waals surface area contributed by atoms with Crippen molar-refractivity contribution < 1.29 is 9.53 Å². The molecule has 0 fully saturated rings. The second-order valence-electron chi connectivity index (χ2n) is 4.64. The van der Waals surface area contributed by atoms with Gasteiger partial charge in [-0.1, -0.05) is 0 Å². The Hall–Kier alpha value is -2.41. The molecule has 0 radical (unpaired) electrons. The smallest absolute Gasteiger partial charge is 0.265 e. The number of nitrogens with one attached hydrogen (secondary N) is 1. The first-order chi connectivity index (χ1) is 9.58. The summed E-state index contributed by atoms with van der Waals surface area (Å²) in [6.07, 6.45) is -0.481. The van der Waals surface area contributed by atoms with Gasteiger partial charge < -0.3 is 15.8 Å². The van der Waals surface area contributed by atoms with Crippen LogP contribution in [-0.4, -0.2) is 26.8 Å². The van der Waals surface area contributed by atoms with Crippen LogP contribution in [-0.2, 0) is 18.4 Å². The van der Waals surface area contributed by atoms with Gasteiger partial charge in [-0.3, -0.25) is 9.48 Å². The van der Waals surface area contributed by atoms with Crippen molar-refractivity contribution >= 4 is 11.6 Å². The molecule has 3 N–H and O–H groups in total. The molecule has 7 nitrogen and oxygen atoms in total. The Morgan fingerprint density at radius 2 is 2.30 bits per heavy atom. The van der Waals surface area contributed by atoms with Crippen LogP contribution in [0, 0.1) is 0 Å². The van der Waals surface area contributed by atoms with E-state index in [-0.39, 0.29) is 5.91 Å². The van der Waals surface area contributed by atoms with E-state index in [0.29, 0.717) is 29.6 Å². The number of rotatable bonds is 2. The molecule has 3 rings (SSSR count). The monoisotopic (exact) mass is 273 g/mol. The van der Waals surface area contributed by atoms with Gasteiger partial charge in [0.2, 0.25) is 0 Å². The molecule has 1 unspecified atom stereocenters. The molecule has 0 spiro atoms. The molecule has 1 aliphatic rings. The van der Waals surface area contributed by atoms with Crippen LogP contribution >= 0.6 is 0 Å². The third-order valence-corrected chi connectivity index (χ3v) is 3.20. The molecular weight excluding hydrogens is 258 g/mol. The minimum absolute atomic E-state index is 0.161. The number of hydrogen-bond donors (Lipinski definition) is 2. The van der Waals surface area contributed by atoms with E-state index in [1.165, 1.54) is 0 Å². The summed E-state index contributed by atoms with van der Waals surface area (Å²) < 4.78 is 7.15. The van der Waals surface area contributed by atoms with Crippen LogP contribution < -0.4 is 15.8 Å². The van der Waals surface area contributed by atoms with E-state index in [2.05, 4.69) is 15.4 Å². The Morgan fingerprint density at radius 3 is 3.00 bits per heavy atom. The molecule has 2 aromatic rings. The second kappa shape index (κ2) is 4.61. The molecule has 1 atom stereocenters. The number of benzene rings is 1. The zero-order valence-corrected chi connectivity index (χ0v) is 11.3. The van der Waals surface area contributed by atoms with E-state index in [0.717, 1.165) is 5.56 Å². The molecule has 7 heteroatoms. The summed E-state index contributed by atoms with van der Waals surface area (Å²) in [5.41, 5.74) is 7.02. The number of fused-ring (bicyclic) bond motifs is 1. The first-order valence-electron chi connectivity index (χ1n) is 6.30. The standard InChI is InChI=1S/C13H15N5O2/c1-7-13(19)15-9-5-8(3-4-10(9)20-7)12-16-11(6-14)18(2)17-12/h3-5,7H,6,14H2,1-2H3,(H,15,19). The average Bonchev–Trinajstić information content (AvgIpc) is 2.81. The van der Waals surface area contributed by atoms with Crippen LogP contribution in [0.1, 0.15) is 12.7 Å². The summed E-state index contributed by atoms with van der Waals surface area (Å²) in [6.45, 7) is 2.03. The maximum absolute atomic E-state index is 11.6. The molecule has 1 aromatic carbocycles. The first-order valence-corrected chi connectivity index (χ1v) is 6.30. The number of carbonyl (C=O) groups excluding carboxylic acids is 1. The molecule has 0 saturated carbocycles. The van der Waals surface area contributed by atoms with Crippen LogP contribution in [0.3, 0.4) is 0 Å². The predicted octanol–water partition coefficient (Wildman–Crippen LogP) is 0.660. The predicted molar refractivity (Wildman–Crippen MR) is 73.1 cm³/mol. The van der Waals surface area contributed by atoms with Crippen LogP contribution in [0.4, 0.5) is 5.69 Å². The van der Waals surface area contributed by atoms with E-state index in [4.69, 9.17) is 10.5 Å². The number of aromatic nitrogens is 3. The quantitative estimate of drug-likeness (QED) is 0.838. The van der Waals surface area contributed by atoms with Crippen LogP contribution in [0.2, 0.25) is 0 Å². The summed E-state index contributed by atoms with van der Waals surface area (Å²) in [4.78, 5) is 16.0. The Labute approximate surface area is 115 Å². The second-order valence-corrected chi connectivity index (χ2v) is 4.64. The van der Waals surface area contributed by atoms with E-state index in [1.54, 1.807) is 30.8 Å². The van der Waals surface area contributed by atoms with E-state index < -0.39 is 6.10 Å². The third-order valence-electron chi connectivity index (χ3n) is 3.20. The fourth-order valence-electron chi connectivity index (χ4n) is 2.06. The molecule has 20 heavy (non-hydrogen) atoms. The van der Waals surface area contributed by atoms with E-state index in [9.17, 15) is 4.79 Å². The minimum atomic E-state index is -0.481. The lowest BCUT2D eigenvalue weighted by molar-refractivity contribution is -0.122. The highest BCUT2D eigenvalue weighted by atomic mass is 16.5. The van der Waals surface area contributed by atoms with Gasteiger partial charge in [0.25, 0.3) is 5.91 Å². The molecule has 1 amide bonds. The van der Waals surface area contributed by atoms with Crippen molar-refractivity contribution in [2.45, 2.75) is 19.6 Å². The molecule has 0 saturated heterocycles. The summed E-state index contributed by atoms with van der Waals surface area (Å²) in [5.74, 6) is 1.76. The molecule has 0 bridgehead atoms. The number of nitrogens with zero attached hydrogens (tertiary/aromatic N) is 3. The zero-order valence-electron chi connectivity index (χ0n) is 11.3. The van der Waals surface area contributed by atoms with Gasteiger partial charge in [-0.05, 0) is 25.1 Å². The van der Waals surface area contributed by atoms with Crippen molar-refractivity contribution in [2.24, 2.45) is 12.8 Å². The number of nitrogens with two attached hydrogens (primary N) is 1. The van der Waals surface area contributed by atoms with Gasteiger partial charge in [-0.2, -0.15) is 5.10 Å². The number of ether oxygens (including phenoxy) is 1. The fraction of sp³-hybridized carbons (Fsp3) is 0.308. The lowest BCUT2D eigenvalue weighted by atomic mass is 10.1. The summed E-state index contributed by atoms with van der Waals surface area (Å²) in [5, 5.41) is 7.11. The Bertz CT molecular complexity index is 679. The van der Waals surface area contributed by atoms with Crippen molar-refractivity contribution in [1.29, 1.82) is 0 Å². The Morgan fingerprint density at radius 1 is 1.50 bits per heavy atom. The van der Waals surface area contributed by atoms with Crippen LogP contribution in [0.15, 0.2) is 18.2 Å². The average molecular weight is 273 g/mol. The zero-order chi connectivity index (χ0) is 14.3. The SMILES string of the molecule is CC1Oc2ccc(-c3nc(CN)n(C)n3)cc2NC1=O. The minimum Gasteiger partial charge on any atom is -0.479 e. The molecule has 0 aliphatic carbocycles. The summed E-state index contributed by atoms with van der Waals surface area (Å²) in [6, 6.07) is 5.46. The highest BCUT2D eigenvalue weighted by molar-refractivity contribution is 5.98. The van der Waals surface area contributed by atoms with Crippen molar-refractivity contribution in [2.75, 3.05) is 5.32 Å². The number of amides is 1. The van der Waals surface area contributed by atoms with Gasteiger partial charge in [0.15, 0.2) is 11.9 Å². The number of aryl methyl sites for hydroxylation is 1. The first kappa shape index (κ1) is 12.6. The fourth-order valence-corrected chi connectivity index (χ4v) is 2.06. The van der Waals surface area contributed by atoms with Crippen molar-refractivity contribution in [3.8, 4) is 17.1 Å². The van der Waals surface area contributed by atoms with Crippen LogP contribution in [0.25, 0.3) is 11.4 Å². The van der Waals surface area contributed by atoms with E-state index in [1.807, 2.05) is 6.07 Å². The molecular formula is C13H15N5O2. The third kappa shape index (κ3) is 2.01. The summed E-state index contributed by atoms with van der Waals surface area (Å²) >= 11 is 0. The Kier molecular flexibility index (Phi) is 2.90. The molecule has 104 valence electrons.